The zero-order valence-corrected chi connectivity index (χ0v) is 10.3. The number of benzene rings is 1. The summed E-state index contributed by atoms with van der Waals surface area (Å²) in [4.78, 5) is 0. The zero-order chi connectivity index (χ0) is 12.1. The van der Waals surface area contributed by atoms with Crippen LogP contribution >= 0.6 is 0 Å². The molecule has 0 amide bonds. The van der Waals surface area contributed by atoms with E-state index in [1.54, 1.807) is 0 Å². The molecule has 0 aliphatic heterocycles. The van der Waals surface area contributed by atoms with Crippen molar-refractivity contribution in [1.82, 2.24) is 5.43 Å². The molecule has 1 atom stereocenters. The predicted octanol–water partition coefficient (Wildman–Crippen LogP) is 2.89. The van der Waals surface area contributed by atoms with Gasteiger partial charge in [-0.25, -0.2) is 0 Å². The van der Waals surface area contributed by atoms with Gasteiger partial charge < -0.3 is 0 Å². The number of rotatable bonds is 4. The quantitative estimate of drug-likeness (QED) is 0.614. The third-order valence-corrected chi connectivity index (χ3v) is 3.61. The Morgan fingerprint density at radius 3 is 2.59 bits per heavy atom. The van der Waals surface area contributed by atoms with Crippen molar-refractivity contribution < 1.29 is 0 Å². The van der Waals surface area contributed by atoms with Gasteiger partial charge in [0, 0.05) is 12.0 Å². The van der Waals surface area contributed by atoms with Gasteiger partial charge in [0.2, 0.25) is 0 Å². The van der Waals surface area contributed by atoms with Crippen LogP contribution in [0.25, 0.3) is 5.57 Å². The van der Waals surface area contributed by atoms with Gasteiger partial charge in [-0.3, -0.25) is 11.3 Å². The summed E-state index contributed by atoms with van der Waals surface area (Å²) in [5.41, 5.74) is 5.59. The van der Waals surface area contributed by atoms with E-state index in [9.17, 15) is 0 Å². The van der Waals surface area contributed by atoms with Crippen molar-refractivity contribution >= 4 is 5.57 Å². The fourth-order valence-electron chi connectivity index (χ4n) is 2.28. The van der Waals surface area contributed by atoms with Crippen molar-refractivity contribution in [2.75, 3.05) is 6.54 Å². The Kier molecular flexibility index (Phi) is 3.77. The summed E-state index contributed by atoms with van der Waals surface area (Å²) in [6.07, 6.45) is 8.99. The monoisotopic (exact) mass is 228 g/mol. The van der Waals surface area contributed by atoms with Crippen molar-refractivity contribution in [3.05, 3.63) is 54.1 Å². The molecule has 90 valence electrons. The molecular formula is C15H20N2. The van der Waals surface area contributed by atoms with Gasteiger partial charge in [0.25, 0.3) is 0 Å². The van der Waals surface area contributed by atoms with Gasteiger partial charge in [0.1, 0.15) is 0 Å². The minimum atomic E-state index is 0.188. The van der Waals surface area contributed by atoms with Crippen molar-refractivity contribution in [3.63, 3.8) is 0 Å². The van der Waals surface area contributed by atoms with Crippen LogP contribution in [0, 0.1) is 5.41 Å². The lowest BCUT2D eigenvalue weighted by Crippen LogP contribution is -2.36. The van der Waals surface area contributed by atoms with Gasteiger partial charge in [-0.1, -0.05) is 55.5 Å². The third-order valence-electron chi connectivity index (χ3n) is 3.61. The molecule has 0 radical (unpaired) electrons. The topological polar surface area (TPSA) is 38.0 Å². The van der Waals surface area contributed by atoms with E-state index >= 15 is 0 Å². The van der Waals surface area contributed by atoms with Crippen LogP contribution in [-0.4, -0.2) is 6.54 Å². The van der Waals surface area contributed by atoms with Gasteiger partial charge in [-0.2, -0.15) is 0 Å². The third kappa shape index (κ3) is 2.65. The average molecular weight is 228 g/mol. The van der Waals surface area contributed by atoms with Crippen LogP contribution in [0.3, 0.4) is 0 Å². The highest BCUT2D eigenvalue weighted by atomic mass is 15.2. The molecule has 3 N–H and O–H groups in total. The smallest absolute Gasteiger partial charge is 0.0192 e. The van der Waals surface area contributed by atoms with Crippen LogP contribution in [0.2, 0.25) is 0 Å². The number of hydrazine groups is 1. The summed E-state index contributed by atoms with van der Waals surface area (Å²) in [5.74, 6) is 5.46. The van der Waals surface area contributed by atoms with E-state index in [2.05, 4.69) is 54.8 Å². The molecule has 2 nitrogen and oxygen atoms in total. The van der Waals surface area contributed by atoms with Crippen molar-refractivity contribution in [2.24, 2.45) is 11.3 Å². The number of nitrogens with one attached hydrogen (secondary N) is 1. The van der Waals surface area contributed by atoms with Crippen LogP contribution in [0.1, 0.15) is 25.3 Å². The van der Waals surface area contributed by atoms with E-state index in [0.29, 0.717) is 0 Å². The molecule has 0 spiro atoms. The summed E-state index contributed by atoms with van der Waals surface area (Å²) in [6, 6.07) is 10.5. The van der Waals surface area contributed by atoms with E-state index in [1.165, 1.54) is 11.1 Å². The first-order valence-electron chi connectivity index (χ1n) is 6.18. The largest absolute Gasteiger partial charge is 0.271 e. The second-order valence-electron chi connectivity index (χ2n) is 4.66. The van der Waals surface area contributed by atoms with Gasteiger partial charge in [0.05, 0.1) is 0 Å². The maximum atomic E-state index is 5.46. The van der Waals surface area contributed by atoms with Crippen molar-refractivity contribution in [1.29, 1.82) is 0 Å². The van der Waals surface area contributed by atoms with E-state index in [1.807, 2.05) is 6.07 Å². The molecule has 0 fully saturated rings. The van der Waals surface area contributed by atoms with Gasteiger partial charge in [0.15, 0.2) is 0 Å². The lowest BCUT2D eigenvalue weighted by Gasteiger charge is -2.31. The second kappa shape index (κ2) is 5.30. The Labute approximate surface area is 103 Å². The lowest BCUT2D eigenvalue weighted by atomic mass is 9.77. The highest BCUT2D eigenvalue weighted by molar-refractivity contribution is 5.75. The summed E-state index contributed by atoms with van der Waals surface area (Å²) in [6.45, 7) is 3.04. The molecule has 2 heteroatoms. The predicted molar refractivity (Wildman–Crippen MR) is 73.1 cm³/mol. The summed E-state index contributed by atoms with van der Waals surface area (Å²) < 4.78 is 0. The van der Waals surface area contributed by atoms with Crippen LogP contribution in [0.4, 0.5) is 0 Å². The molecule has 17 heavy (non-hydrogen) atoms. The van der Waals surface area contributed by atoms with Crippen LogP contribution < -0.4 is 11.3 Å². The Morgan fingerprint density at radius 2 is 2.06 bits per heavy atom. The molecule has 1 aliphatic rings. The van der Waals surface area contributed by atoms with E-state index in [4.69, 9.17) is 5.84 Å². The SMILES string of the molecule is CCC1(CNN)C=CC(c2ccccc2)=CC1. The van der Waals surface area contributed by atoms with E-state index in [0.717, 1.165) is 19.4 Å². The highest BCUT2D eigenvalue weighted by Gasteiger charge is 2.25. The zero-order valence-electron chi connectivity index (χ0n) is 10.3. The molecule has 0 bridgehead atoms. The van der Waals surface area contributed by atoms with Crippen LogP contribution in [-0.2, 0) is 0 Å². The molecule has 1 aromatic carbocycles. The molecule has 0 saturated heterocycles. The van der Waals surface area contributed by atoms with Gasteiger partial charge in [-0.05, 0) is 24.0 Å². The van der Waals surface area contributed by atoms with Gasteiger partial charge >= 0.3 is 0 Å². The van der Waals surface area contributed by atoms with Gasteiger partial charge in [-0.15, -0.1) is 0 Å². The van der Waals surface area contributed by atoms with E-state index < -0.39 is 0 Å². The maximum Gasteiger partial charge on any atom is 0.0192 e. The molecule has 2 rings (SSSR count). The number of allylic oxidation sites excluding steroid dienone is 3. The molecule has 1 aliphatic carbocycles. The normalized spacial score (nSPS) is 23.5. The molecular weight excluding hydrogens is 208 g/mol. The summed E-state index contributed by atoms with van der Waals surface area (Å²) in [7, 11) is 0. The van der Waals surface area contributed by atoms with E-state index in [-0.39, 0.29) is 5.41 Å². The first kappa shape index (κ1) is 12.1. The first-order chi connectivity index (χ1) is 8.29. The number of hydrogen-bond donors (Lipinski definition) is 2. The van der Waals surface area contributed by atoms with Crippen molar-refractivity contribution in [3.8, 4) is 0 Å². The average Bonchev–Trinajstić information content (AvgIpc) is 2.41. The number of nitrogens with two attached hydrogens (primary N) is 1. The molecule has 0 heterocycles. The van der Waals surface area contributed by atoms with Crippen LogP contribution in [0.5, 0.6) is 0 Å². The number of hydrogen-bond acceptors (Lipinski definition) is 2. The first-order valence-corrected chi connectivity index (χ1v) is 6.18. The minimum absolute atomic E-state index is 0.188. The Bertz CT molecular complexity index is 420. The molecule has 0 aromatic heterocycles. The molecule has 1 unspecified atom stereocenters. The second-order valence-corrected chi connectivity index (χ2v) is 4.66. The fraction of sp³-hybridized carbons (Fsp3) is 0.333. The standard InChI is InChI=1S/C15H20N2/c1-2-15(12-17-16)10-8-14(9-11-15)13-6-4-3-5-7-13/h3-10,17H,2,11-12,16H2,1H3. The summed E-state index contributed by atoms with van der Waals surface area (Å²) in [5, 5.41) is 0. The minimum Gasteiger partial charge on any atom is -0.271 e. The van der Waals surface area contributed by atoms with Crippen LogP contribution in [0.15, 0.2) is 48.6 Å². The Balaban J connectivity index is 2.16. The van der Waals surface area contributed by atoms with Crippen molar-refractivity contribution in [2.45, 2.75) is 19.8 Å². The Hall–Kier alpha value is -1.38. The fourth-order valence-corrected chi connectivity index (χ4v) is 2.28. The lowest BCUT2D eigenvalue weighted by molar-refractivity contribution is 0.347. The molecule has 0 saturated carbocycles. The molecule has 1 aromatic rings. The maximum absolute atomic E-state index is 5.46. The highest BCUT2D eigenvalue weighted by Crippen LogP contribution is 2.35. The Morgan fingerprint density at radius 1 is 1.29 bits per heavy atom. The summed E-state index contributed by atoms with van der Waals surface area (Å²) >= 11 is 0.